The molecule has 0 aliphatic carbocycles. The lowest BCUT2D eigenvalue weighted by Gasteiger charge is -2.12. The van der Waals surface area contributed by atoms with Crippen LogP contribution in [0.5, 0.6) is 17.2 Å². The van der Waals surface area contributed by atoms with Crippen molar-refractivity contribution in [3.8, 4) is 17.2 Å². The van der Waals surface area contributed by atoms with Crippen LogP contribution in [0.25, 0.3) is 0 Å². The van der Waals surface area contributed by atoms with Crippen LogP contribution in [0, 0.1) is 0 Å². The van der Waals surface area contributed by atoms with Gasteiger partial charge in [0.05, 0.1) is 26.2 Å². The molecule has 0 aromatic heterocycles. The third-order valence-electron chi connectivity index (χ3n) is 1.67. The van der Waals surface area contributed by atoms with E-state index in [-0.39, 0.29) is 0 Å². The van der Waals surface area contributed by atoms with Gasteiger partial charge in [-0.05, 0) is 12.1 Å². The third-order valence-corrected chi connectivity index (χ3v) is 1.99. The zero-order valence-corrected chi connectivity index (χ0v) is 8.60. The second-order valence-electron chi connectivity index (χ2n) is 2.33. The molecular formula is C9H11O3S. The molecule has 0 heterocycles. The Labute approximate surface area is 83.0 Å². The van der Waals surface area contributed by atoms with Crippen molar-refractivity contribution in [1.82, 2.24) is 0 Å². The molecule has 1 rings (SSSR count). The molecule has 4 heteroatoms. The van der Waals surface area contributed by atoms with E-state index >= 15 is 0 Å². The summed E-state index contributed by atoms with van der Waals surface area (Å²) in [6.07, 6.45) is 0. The highest BCUT2D eigenvalue weighted by atomic mass is 32.1. The van der Waals surface area contributed by atoms with Crippen molar-refractivity contribution >= 4 is 12.6 Å². The number of benzene rings is 1. The van der Waals surface area contributed by atoms with Crippen molar-refractivity contribution in [1.29, 1.82) is 0 Å². The first-order valence-electron chi connectivity index (χ1n) is 3.70. The van der Waals surface area contributed by atoms with Crippen molar-refractivity contribution in [2.45, 2.75) is 4.90 Å². The van der Waals surface area contributed by atoms with Crippen molar-refractivity contribution in [3.05, 3.63) is 12.1 Å². The predicted octanol–water partition coefficient (Wildman–Crippen LogP) is 2.27. The average molecular weight is 199 g/mol. The second kappa shape index (κ2) is 4.18. The van der Waals surface area contributed by atoms with Crippen LogP contribution in [0.15, 0.2) is 17.0 Å². The zero-order valence-electron chi connectivity index (χ0n) is 7.79. The zero-order chi connectivity index (χ0) is 9.84. The maximum Gasteiger partial charge on any atom is 0.204 e. The molecule has 1 aromatic rings. The molecule has 0 aliphatic rings. The van der Waals surface area contributed by atoms with Gasteiger partial charge in [0.15, 0.2) is 11.5 Å². The molecule has 71 valence electrons. The summed E-state index contributed by atoms with van der Waals surface area (Å²) in [5.41, 5.74) is 0. The van der Waals surface area contributed by atoms with Crippen LogP contribution < -0.4 is 14.2 Å². The van der Waals surface area contributed by atoms with Gasteiger partial charge in [-0.1, -0.05) is 12.6 Å². The first-order chi connectivity index (χ1) is 6.24. The molecule has 0 bridgehead atoms. The number of rotatable bonds is 3. The Balaban J connectivity index is 3.27. The van der Waals surface area contributed by atoms with E-state index in [2.05, 4.69) is 0 Å². The Hall–Kier alpha value is -1.16. The number of methoxy groups -OCH3 is 3. The van der Waals surface area contributed by atoms with Gasteiger partial charge in [-0.15, -0.1) is 0 Å². The Morgan fingerprint density at radius 1 is 0.923 bits per heavy atom. The van der Waals surface area contributed by atoms with Gasteiger partial charge in [0.25, 0.3) is 0 Å². The van der Waals surface area contributed by atoms with Gasteiger partial charge in [-0.25, -0.2) is 0 Å². The largest absolute Gasteiger partial charge is 0.493 e. The molecule has 1 radical (unpaired) electrons. The van der Waals surface area contributed by atoms with Gasteiger partial charge in [-0.2, -0.15) is 0 Å². The van der Waals surface area contributed by atoms with Crippen molar-refractivity contribution in [2.24, 2.45) is 0 Å². The second-order valence-corrected chi connectivity index (χ2v) is 2.77. The van der Waals surface area contributed by atoms with Gasteiger partial charge in [0, 0.05) is 0 Å². The van der Waals surface area contributed by atoms with Crippen LogP contribution in [-0.4, -0.2) is 21.3 Å². The summed E-state index contributed by atoms with van der Waals surface area (Å²) in [6.45, 7) is 0. The minimum atomic E-state index is 0.539. The fourth-order valence-corrected chi connectivity index (χ4v) is 1.32. The Bertz CT molecular complexity index is 299. The molecule has 0 saturated heterocycles. The van der Waals surface area contributed by atoms with Gasteiger partial charge in [0.1, 0.15) is 0 Å². The van der Waals surface area contributed by atoms with Gasteiger partial charge < -0.3 is 14.2 Å². The van der Waals surface area contributed by atoms with E-state index in [9.17, 15) is 0 Å². The lowest BCUT2D eigenvalue weighted by molar-refractivity contribution is 0.319. The number of hydrogen-bond acceptors (Lipinski definition) is 3. The quantitative estimate of drug-likeness (QED) is 0.747. The summed E-state index contributed by atoms with van der Waals surface area (Å²) < 4.78 is 15.3. The van der Waals surface area contributed by atoms with Gasteiger partial charge in [0.2, 0.25) is 5.75 Å². The highest BCUT2D eigenvalue weighted by Crippen LogP contribution is 2.40. The maximum absolute atomic E-state index is 5.12. The molecule has 13 heavy (non-hydrogen) atoms. The van der Waals surface area contributed by atoms with Gasteiger partial charge >= 0.3 is 0 Å². The van der Waals surface area contributed by atoms with E-state index in [4.69, 9.17) is 26.8 Å². The lowest BCUT2D eigenvalue weighted by Crippen LogP contribution is -1.95. The summed E-state index contributed by atoms with van der Waals surface area (Å²) in [4.78, 5) is 0.611. The maximum atomic E-state index is 5.12. The summed E-state index contributed by atoms with van der Waals surface area (Å²) >= 11 is 5.05. The highest BCUT2D eigenvalue weighted by Gasteiger charge is 2.13. The first kappa shape index (κ1) is 9.92. The number of ether oxygens (including phenoxy) is 3. The lowest BCUT2D eigenvalue weighted by atomic mass is 10.3. The fourth-order valence-electron chi connectivity index (χ4n) is 1.07. The van der Waals surface area contributed by atoms with Crippen LogP contribution in [0.2, 0.25) is 0 Å². The van der Waals surface area contributed by atoms with Crippen molar-refractivity contribution in [3.63, 3.8) is 0 Å². The van der Waals surface area contributed by atoms with E-state index in [1.807, 2.05) is 0 Å². The van der Waals surface area contributed by atoms with Crippen LogP contribution in [0.4, 0.5) is 0 Å². The van der Waals surface area contributed by atoms with Crippen LogP contribution in [0.1, 0.15) is 0 Å². The Kier molecular flexibility index (Phi) is 3.19. The van der Waals surface area contributed by atoms with E-state index in [0.717, 1.165) is 0 Å². The summed E-state index contributed by atoms with van der Waals surface area (Å²) in [7, 11) is 4.67. The molecule has 0 N–H and O–H groups in total. The third kappa shape index (κ3) is 1.78. The molecule has 1 aromatic carbocycles. The monoisotopic (exact) mass is 199 g/mol. The van der Waals surface area contributed by atoms with E-state index in [1.54, 1.807) is 33.5 Å². The molecule has 3 nitrogen and oxygen atoms in total. The van der Waals surface area contributed by atoms with Crippen LogP contribution in [0.3, 0.4) is 0 Å². The minimum absolute atomic E-state index is 0.539. The molecule has 0 unspecified atom stereocenters. The van der Waals surface area contributed by atoms with Crippen LogP contribution in [-0.2, 0) is 0 Å². The first-order valence-corrected chi connectivity index (χ1v) is 4.11. The van der Waals surface area contributed by atoms with Gasteiger partial charge in [-0.3, -0.25) is 0 Å². The van der Waals surface area contributed by atoms with E-state index in [0.29, 0.717) is 22.1 Å². The molecule has 0 fully saturated rings. The fraction of sp³-hybridized carbons (Fsp3) is 0.333. The smallest absolute Gasteiger partial charge is 0.204 e. The predicted molar refractivity (Wildman–Crippen MR) is 52.0 cm³/mol. The van der Waals surface area contributed by atoms with E-state index < -0.39 is 0 Å². The average Bonchev–Trinajstić information content (AvgIpc) is 2.17. The normalized spacial score (nSPS) is 9.46. The molecule has 0 aliphatic heterocycles. The summed E-state index contributed by atoms with van der Waals surface area (Å²) in [5.74, 6) is 1.70. The molecule has 0 saturated carbocycles. The van der Waals surface area contributed by atoms with Crippen molar-refractivity contribution < 1.29 is 14.2 Å². The highest BCUT2D eigenvalue weighted by molar-refractivity contribution is 7.80. The number of hydrogen-bond donors (Lipinski definition) is 0. The Morgan fingerprint density at radius 3 is 2.00 bits per heavy atom. The Morgan fingerprint density at radius 2 is 1.54 bits per heavy atom. The summed E-state index contributed by atoms with van der Waals surface area (Å²) in [6, 6.07) is 3.50. The van der Waals surface area contributed by atoms with Crippen LogP contribution >= 0.6 is 12.6 Å². The molecular weight excluding hydrogens is 188 g/mol. The van der Waals surface area contributed by atoms with Crippen molar-refractivity contribution in [2.75, 3.05) is 21.3 Å². The SMILES string of the molecule is COc1ccc([S])c(OC)c1OC. The minimum Gasteiger partial charge on any atom is -0.493 e. The standard InChI is InChI=1S/C9H11O3S/c1-10-6-4-5-7(13)9(12-3)8(6)11-2/h4-5H,1-3H3. The summed E-state index contributed by atoms with van der Waals surface area (Å²) in [5, 5.41) is 0. The topological polar surface area (TPSA) is 27.7 Å². The molecule has 0 amide bonds. The molecule has 0 spiro atoms. The molecule has 0 atom stereocenters. The van der Waals surface area contributed by atoms with E-state index in [1.165, 1.54) is 0 Å².